The van der Waals surface area contributed by atoms with Crippen LogP contribution in [-0.2, 0) is 16.0 Å². The molecule has 116 valence electrons. The van der Waals surface area contributed by atoms with E-state index in [0.717, 1.165) is 18.1 Å². The van der Waals surface area contributed by atoms with Gasteiger partial charge in [0.05, 0.1) is 0 Å². The maximum absolute atomic E-state index is 9.55. The van der Waals surface area contributed by atoms with Crippen LogP contribution in [-0.4, -0.2) is 35.2 Å². The number of fused-ring (bicyclic) bond motifs is 1. The monoisotopic (exact) mass is 314 g/mol. The second-order valence-corrected chi connectivity index (χ2v) is 4.55. The lowest BCUT2D eigenvalue weighted by atomic mass is 10.2. The minimum Gasteiger partial charge on any atom is -0.478 e. The molecule has 1 heterocycles. The number of rotatable bonds is 3. The quantitative estimate of drug-likeness (QED) is 0.739. The molecule has 21 heavy (non-hydrogen) atoms. The smallest absolute Gasteiger partial charge is 0.328 e. The number of carboxylic acid groups (broad SMARTS) is 2. The van der Waals surface area contributed by atoms with Gasteiger partial charge in [0.1, 0.15) is 0 Å². The minimum atomic E-state index is -1.26. The van der Waals surface area contributed by atoms with E-state index >= 15 is 0 Å². The van der Waals surface area contributed by atoms with Crippen LogP contribution in [0, 0.1) is 0 Å². The number of hydrogen-bond donors (Lipinski definition) is 3. The summed E-state index contributed by atoms with van der Waals surface area (Å²) in [5.41, 5.74) is 2.76. The van der Waals surface area contributed by atoms with E-state index in [1.807, 2.05) is 6.07 Å². The lowest BCUT2D eigenvalue weighted by Crippen LogP contribution is -2.18. The average molecular weight is 315 g/mol. The summed E-state index contributed by atoms with van der Waals surface area (Å²) >= 11 is 5.92. The Hall–Kier alpha value is -2.05. The number of anilines is 1. The van der Waals surface area contributed by atoms with Crippen LogP contribution in [0.1, 0.15) is 12.5 Å². The van der Waals surface area contributed by atoms with Gasteiger partial charge in [-0.15, -0.1) is 0 Å². The zero-order valence-electron chi connectivity index (χ0n) is 11.8. The van der Waals surface area contributed by atoms with Gasteiger partial charge in [-0.05, 0) is 31.0 Å². The molecule has 1 aliphatic heterocycles. The Bertz CT molecular complexity index is 516. The topological polar surface area (TPSA) is 113 Å². The van der Waals surface area contributed by atoms with Crippen molar-refractivity contribution >= 4 is 29.2 Å². The van der Waals surface area contributed by atoms with E-state index in [1.54, 1.807) is 0 Å². The van der Waals surface area contributed by atoms with Crippen molar-refractivity contribution in [2.24, 2.45) is 0 Å². The van der Waals surface area contributed by atoms with Crippen molar-refractivity contribution in [1.82, 2.24) is 6.15 Å². The number of hydrogen-bond acceptors (Lipinski definition) is 4. The molecule has 7 heteroatoms. The summed E-state index contributed by atoms with van der Waals surface area (Å²) in [5.74, 6) is -2.51. The summed E-state index contributed by atoms with van der Waals surface area (Å²) in [6.07, 6.45) is 2.28. The Kier molecular flexibility index (Phi) is 8.11. The summed E-state index contributed by atoms with van der Waals surface area (Å²) in [7, 11) is 0. The Morgan fingerprint density at radius 1 is 1.29 bits per heavy atom. The summed E-state index contributed by atoms with van der Waals surface area (Å²) in [6, 6.07) is 6.17. The molecule has 0 aromatic heterocycles. The zero-order chi connectivity index (χ0) is 15.1. The molecule has 1 aromatic rings. The molecule has 0 radical (unpaired) electrons. The number of carbonyl (C=O) groups is 2. The highest BCUT2D eigenvalue weighted by Gasteiger charge is 2.16. The third-order valence-electron chi connectivity index (χ3n) is 2.79. The van der Waals surface area contributed by atoms with Gasteiger partial charge in [-0.1, -0.05) is 17.7 Å². The molecule has 1 aliphatic rings. The van der Waals surface area contributed by atoms with Gasteiger partial charge in [-0.2, -0.15) is 0 Å². The Balaban J connectivity index is 0.000000397. The highest BCUT2D eigenvalue weighted by atomic mass is 35.5. The molecule has 0 fully saturated rings. The fourth-order valence-corrected chi connectivity index (χ4v) is 2.06. The Labute approximate surface area is 128 Å². The third-order valence-corrected chi connectivity index (χ3v) is 3.02. The van der Waals surface area contributed by atoms with Crippen LogP contribution < -0.4 is 11.1 Å². The fraction of sp³-hybridized carbons (Fsp3) is 0.286. The van der Waals surface area contributed by atoms with E-state index in [9.17, 15) is 9.59 Å². The summed E-state index contributed by atoms with van der Waals surface area (Å²) in [4.78, 5) is 21.5. The SMILES string of the molecule is CCN1CCc2ccc(Cl)cc21.N.O=C(O)C=CC(=O)O. The van der Waals surface area contributed by atoms with Crippen LogP contribution >= 0.6 is 11.6 Å². The molecular formula is C14H19ClN2O4. The van der Waals surface area contributed by atoms with Gasteiger partial charge in [0, 0.05) is 36.0 Å². The number of halogens is 1. The summed E-state index contributed by atoms with van der Waals surface area (Å²) in [6.45, 7) is 4.40. The van der Waals surface area contributed by atoms with Gasteiger partial charge in [-0.25, -0.2) is 9.59 Å². The van der Waals surface area contributed by atoms with Crippen LogP contribution in [0.4, 0.5) is 5.69 Å². The van der Waals surface area contributed by atoms with Gasteiger partial charge < -0.3 is 21.3 Å². The van der Waals surface area contributed by atoms with Crippen LogP contribution in [0.5, 0.6) is 0 Å². The number of aliphatic carboxylic acids is 2. The fourth-order valence-electron chi connectivity index (χ4n) is 1.89. The number of nitrogens with zero attached hydrogens (tertiary/aromatic N) is 1. The zero-order valence-corrected chi connectivity index (χ0v) is 12.5. The molecular weight excluding hydrogens is 296 g/mol. The molecule has 6 nitrogen and oxygen atoms in total. The number of carboxylic acids is 2. The van der Waals surface area contributed by atoms with Gasteiger partial charge in [0.25, 0.3) is 0 Å². The minimum absolute atomic E-state index is 0. The molecule has 0 atom stereocenters. The van der Waals surface area contributed by atoms with E-state index in [4.69, 9.17) is 21.8 Å². The molecule has 5 N–H and O–H groups in total. The van der Waals surface area contributed by atoms with E-state index in [-0.39, 0.29) is 6.15 Å². The molecule has 0 spiro atoms. The van der Waals surface area contributed by atoms with Crippen molar-refractivity contribution in [2.75, 3.05) is 18.0 Å². The molecule has 0 saturated heterocycles. The van der Waals surface area contributed by atoms with Gasteiger partial charge >= 0.3 is 11.9 Å². The number of likely N-dealkylation sites (N-methyl/N-ethyl adjacent to an activating group) is 1. The van der Waals surface area contributed by atoms with E-state index in [1.165, 1.54) is 17.7 Å². The highest BCUT2D eigenvalue weighted by Crippen LogP contribution is 2.30. The average Bonchev–Trinajstić information content (AvgIpc) is 2.79. The van der Waals surface area contributed by atoms with Crippen molar-refractivity contribution in [3.05, 3.63) is 40.9 Å². The van der Waals surface area contributed by atoms with Gasteiger partial charge in [0.15, 0.2) is 0 Å². The second-order valence-electron chi connectivity index (χ2n) is 4.11. The molecule has 0 saturated carbocycles. The maximum atomic E-state index is 9.55. The predicted molar refractivity (Wildman–Crippen MR) is 82.5 cm³/mol. The van der Waals surface area contributed by atoms with Crippen LogP contribution in [0.25, 0.3) is 0 Å². The normalized spacial score (nSPS) is 12.2. The molecule has 0 unspecified atom stereocenters. The molecule has 0 bridgehead atoms. The second kappa shape index (κ2) is 8.99. The van der Waals surface area contributed by atoms with Gasteiger partial charge in [-0.3, -0.25) is 0 Å². The molecule has 0 aliphatic carbocycles. The highest BCUT2D eigenvalue weighted by molar-refractivity contribution is 6.30. The first kappa shape index (κ1) is 18.9. The first-order valence-electron chi connectivity index (χ1n) is 6.11. The Morgan fingerprint density at radius 3 is 2.33 bits per heavy atom. The molecule has 1 aromatic carbocycles. The van der Waals surface area contributed by atoms with Gasteiger partial charge in [0.2, 0.25) is 0 Å². The van der Waals surface area contributed by atoms with Crippen LogP contribution in [0.3, 0.4) is 0 Å². The van der Waals surface area contributed by atoms with Crippen molar-refractivity contribution in [3.63, 3.8) is 0 Å². The lowest BCUT2D eigenvalue weighted by Gasteiger charge is -2.16. The largest absolute Gasteiger partial charge is 0.478 e. The lowest BCUT2D eigenvalue weighted by molar-refractivity contribution is -0.134. The van der Waals surface area contributed by atoms with Crippen LogP contribution in [0.2, 0.25) is 5.02 Å². The van der Waals surface area contributed by atoms with Crippen molar-refractivity contribution < 1.29 is 19.8 Å². The summed E-state index contributed by atoms with van der Waals surface area (Å²) < 4.78 is 0. The first-order valence-corrected chi connectivity index (χ1v) is 6.49. The van der Waals surface area contributed by atoms with Crippen molar-refractivity contribution in [2.45, 2.75) is 13.3 Å². The van der Waals surface area contributed by atoms with E-state index in [0.29, 0.717) is 12.2 Å². The third kappa shape index (κ3) is 6.29. The van der Waals surface area contributed by atoms with Crippen molar-refractivity contribution in [1.29, 1.82) is 0 Å². The first-order chi connectivity index (χ1) is 9.43. The number of benzene rings is 1. The van der Waals surface area contributed by atoms with Crippen LogP contribution in [0.15, 0.2) is 30.4 Å². The Morgan fingerprint density at radius 2 is 1.86 bits per heavy atom. The standard InChI is InChI=1S/C10H12ClN.C4H4O4.H3N/c1-2-12-6-5-8-3-4-9(11)7-10(8)12;5-3(6)1-2-4(7)8;/h3-4,7H,2,5-6H2,1H3;1-2H,(H,5,6)(H,7,8);1H3. The van der Waals surface area contributed by atoms with E-state index < -0.39 is 11.9 Å². The molecule has 0 amide bonds. The van der Waals surface area contributed by atoms with Crippen molar-refractivity contribution in [3.8, 4) is 0 Å². The summed E-state index contributed by atoms with van der Waals surface area (Å²) in [5, 5.41) is 16.5. The predicted octanol–water partition coefficient (Wildman–Crippen LogP) is 2.60. The molecule has 2 rings (SSSR count). The van der Waals surface area contributed by atoms with E-state index in [2.05, 4.69) is 24.0 Å². The maximum Gasteiger partial charge on any atom is 0.328 e.